The molecule has 3 rings (SSSR count). The fourth-order valence-electron chi connectivity index (χ4n) is 3.55. The summed E-state index contributed by atoms with van der Waals surface area (Å²) in [7, 11) is 0. The number of aromatic nitrogens is 2. The predicted octanol–water partition coefficient (Wildman–Crippen LogP) is 0.151. The lowest BCUT2D eigenvalue weighted by Gasteiger charge is -2.19. The summed E-state index contributed by atoms with van der Waals surface area (Å²) < 4.78 is 1.86. The van der Waals surface area contributed by atoms with E-state index in [1.807, 2.05) is 16.9 Å². The van der Waals surface area contributed by atoms with Crippen molar-refractivity contribution in [3.05, 3.63) is 18.5 Å². The maximum atomic E-state index is 12.1. The Morgan fingerprint density at radius 2 is 2.30 bits per heavy atom. The van der Waals surface area contributed by atoms with Crippen LogP contribution in [0.1, 0.15) is 32.1 Å². The molecule has 2 heterocycles. The van der Waals surface area contributed by atoms with E-state index in [0.717, 1.165) is 25.9 Å². The van der Waals surface area contributed by atoms with Crippen LogP contribution in [0.25, 0.3) is 0 Å². The van der Waals surface area contributed by atoms with Crippen molar-refractivity contribution in [2.45, 2.75) is 50.8 Å². The van der Waals surface area contributed by atoms with Crippen LogP contribution in [0.4, 0.5) is 0 Å². The van der Waals surface area contributed by atoms with Gasteiger partial charge in [-0.05, 0) is 31.2 Å². The third-order valence-electron chi connectivity index (χ3n) is 4.76. The minimum atomic E-state index is -0.507. The van der Waals surface area contributed by atoms with Gasteiger partial charge in [-0.25, -0.2) is 0 Å². The van der Waals surface area contributed by atoms with Crippen molar-refractivity contribution in [3.63, 3.8) is 0 Å². The van der Waals surface area contributed by atoms with Crippen molar-refractivity contribution in [1.29, 1.82) is 0 Å². The zero-order chi connectivity index (χ0) is 16.2. The van der Waals surface area contributed by atoms with Crippen LogP contribution < -0.4 is 5.32 Å². The average Bonchev–Trinajstić information content (AvgIpc) is 3.22. The molecule has 1 saturated carbocycles. The molecule has 1 aromatic heterocycles. The quantitative estimate of drug-likeness (QED) is 0.781. The second-order valence-electron chi connectivity index (χ2n) is 6.54. The van der Waals surface area contributed by atoms with Gasteiger partial charge in [0.1, 0.15) is 0 Å². The van der Waals surface area contributed by atoms with Crippen LogP contribution in [-0.2, 0) is 16.1 Å². The Kier molecular flexibility index (Phi) is 4.95. The molecule has 23 heavy (non-hydrogen) atoms. The van der Waals surface area contributed by atoms with Gasteiger partial charge in [-0.15, -0.1) is 0 Å². The lowest BCUT2D eigenvalue weighted by atomic mass is 10.1. The molecule has 0 radical (unpaired) electrons. The third-order valence-corrected chi connectivity index (χ3v) is 4.76. The number of likely N-dealkylation sites (tertiary alicyclic amines) is 1. The van der Waals surface area contributed by atoms with Crippen molar-refractivity contribution in [2.75, 3.05) is 13.1 Å². The number of aliphatic hydroxyl groups is 1. The van der Waals surface area contributed by atoms with E-state index in [0.29, 0.717) is 31.7 Å². The molecular formula is C16H24N4O3. The Hall–Kier alpha value is -1.89. The van der Waals surface area contributed by atoms with Crippen molar-refractivity contribution in [2.24, 2.45) is 5.92 Å². The number of hydrogen-bond acceptors (Lipinski definition) is 4. The molecule has 7 heteroatoms. The normalized spacial score (nSPS) is 27.6. The Morgan fingerprint density at radius 1 is 1.43 bits per heavy atom. The summed E-state index contributed by atoms with van der Waals surface area (Å²) in [6.07, 6.45) is 6.36. The fraction of sp³-hybridized carbons (Fsp3) is 0.688. The van der Waals surface area contributed by atoms with E-state index in [9.17, 15) is 14.7 Å². The van der Waals surface area contributed by atoms with E-state index in [1.54, 1.807) is 11.1 Å². The average molecular weight is 320 g/mol. The van der Waals surface area contributed by atoms with Gasteiger partial charge in [0.15, 0.2) is 0 Å². The van der Waals surface area contributed by atoms with Crippen LogP contribution in [0.15, 0.2) is 18.5 Å². The molecule has 1 aromatic rings. The standard InChI is InChI=1S/C16H24N4O3/c21-14-10-12(11-20-7-2-5-17-20)9-13(14)18-15(22)4-8-19-6-1-3-16(19)23/h2,5,7,12-14,21H,1,3-4,6,8-11H2,(H,18,22)/t12?,13-,14-/m1/s1. The highest BCUT2D eigenvalue weighted by atomic mass is 16.3. The number of hydrogen-bond donors (Lipinski definition) is 2. The van der Waals surface area contributed by atoms with Crippen molar-refractivity contribution in [3.8, 4) is 0 Å². The number of carbonyl (C=O) groups excluding carboxylic acids is 2. The number of carbonyl (C=O) groups is 2. The van der Waals surface area contributed by atoms with E-state index >= 15 is 0 Å². The van der Waals surface area contributed by atoms with Crippen LogP contribution in [0.2, 0.25) is 0 Å². The zero-order valence-corrected chi connectivity index (χ0v) is 13.2. The molecule has 2 fully saturated rings. The summed E-state index contributed by atoms with van der Waals surface area (Å²) in [6, 6.07) is 1.68. The molecule has 0 bridgehead atoms. The largest absolute Gasteiger partial charge is 0.391 e. The first-order valence-electron chi connectivity index (χ1n) is 8.34. The molecule has 2 amide bonds. The predicted molar refractivity (Wildman–Crippen MR) is 83.3 cm³/mol. The number of aliphatic hydroxyl groups excluding tert-OH is 1. The lowest BCUT2D eigenvalue weighted by Crippen LogP contribution is -2.41. The lowest BCUT2D eigenvalue weighted by molar-refractivity contribution is -0.128. The second kappa shape index (κ2) is 7.12. The van der Waals surface area contributed by atoms with Gasteiger partial charge in [0.05, 0.1) is 12.1 Å². The van der Waals surface area contributed by atoms with Crippen LogP contribution in [0.5, 0.6) is 0 Å². The van der Waals surface area contributed by atoms with Crippen LogP contribution in [-0.4, -0.2) is 56.8 Å². The van der Waals surface area contributed by atoms with Gasteiger partial charge >= 0.3 is 0 Å². The monoisotopic (exact) mass is 320 g/mol. The molecule has 1 saturated heterocycles. The molecular weight excluding hydrogens is 296 g/mol. The fourth-order valence-corrected chi connectivity index (χ4v) is 3.55. The van der Waals surface area contributed by atoms with Crippen molar-refractivity contribution >= 4 is 11.8 Å². The van der Waals surface area contributed by atoms with Gasteiger partial charge in [-0.2, -0.15) is 5.10 Å². The van der Waals surface area contributed by atoms with Gasteiger partial charge in [-0.1, -0.05) is 0 Å². The van der Waals surface area contributed by atoms with Gasteiger partial charge in [0.25, 0.3) is 0 Å². The highest BCUT2D eigenvalue weighted by Crippen LogP contribution is 2.27. The Labute approximate surface area is 135 Å². The van der Waals surface area contributed by atoms with E-state index in [1.165, 1.54) is 0 Å². The highest BCUT2D eigenvalue weighted by molar-refractivity contribution is 5.80. The SMILES string of the molecule is O=C(CCN1CCCC1=O)N[C@@H]1CC(Cn2cccn2)C[C@H]1O. The summed E-state index contributed by atoms with van der Waals surface area (Å²) in [6.45, 7) is 1.99. The summed E-state index contributed by atoms with van der Waals surface area (Å²) >= 11 is 0. The molecule has 2 aliphatic rings. The van der Waals surface area contributed by atoms with Crippen LogP contribution in [0.3, 0.4) is 0 Å². The summed E-state index contributed by atoms with van der Waals surface area (Å²) in [5, 5.41) is 17.3. The van der Waals surface area contributed by atoms with Crippen LogP contribution in [0, 0.1) is 5.92 Å². The van der Waals surface area contributed by atoms with E-state index < -0.39 is 6.10 Å². The van der Waals surface area contributed by atoms with E-state index in [2.05, 4.69) is 10.4 Å². The molecule has 0 spiro atoms. The van der Waals surface area contributed by atoms with E-state index in [4.69, 9.17) is 0 Å². The number of amides is 2. The van der Waals surface area contributed by atoms with Gasteiger partial charge in [0, 0.05) is 44.9 Å². The van der Waals surface area contributed by atoms with Gasteiger partial charge < -0.3 is 15.3 Å². The number of rotatable bonds is 6. The van der Waals surface area contributed by atoms with E-state index in [-0.39, 0.29) is 17.9 Å². The molecule has 126 valence electrons. The summed E-state index contributed by atoms with van der Waals surface area (Å²) in [4.78, 5) is 25.3. The number of nitrogens with zero attached hydrogens (tertiary/aromatic N) is 3. The van der Waals surface area contributed by atoms with Crippen molar-refractivity contribution in [1.82, 2.24) is 20.0 Å². The number of nitrogens with one attached hydrogen (secondary N) is 1. The molecule has 1 aliphatic heterocycles. The first-order chi connectivity index (χ1) is 11.1. The smallest absolute Gasteiger partial charge is 0.222 e. The molecule has 0 aromatic carbocycles. The topological polar surface area (TPSA) is 87.5 Å². The maximum absolute atomic E-state index is 12.1. The third kappa shape index (κ3) is 4.10. The van der Waals surface area contributed by atoms with Crippen LogP contribution >= 0.6 is 0 Å². The molecule has 1 unspecified atom stereocenters. The Morgan fingerprint density at radius 3 is 3.00 bits per heavy atom. The maximum Gasteiger partial charge on any atom is 0.222 e. The summed E-state index contributed by atoms with van der Waals surface area (Å²) in [5.41, 5.74) is 0. The highest BCUT2D eigenvalue weighted by Gasteiger charge is 2.34. The summed E-state index contributed by atoms with van der Waals surface area (Å²) in [5.74, 6) is 0.363. The molecule has 2 N–H and O–H groups in total. The Balaban J connectivity index is 1.42. The molecule has 1 aliphatic carbocycles. The molecule has 7 nitrogen and oxygen atoms in total. The first kappa shape index (κ1) is 16.0. The zero-order valence-electron chi connectivity index (χ0n) is 13.2. The Bertz CT molecular complexity index is 546. The van der Waals surface area contributed by atoms with Crippen molar-refractivity contribution < 1.29 is 14.7 Å². The minimum absolute atomic E-state index is 0.0894. The van der Waals surface area contributed by atoms with Gasteiger partial charge in [-0.3, -0.25) is 14.3 Å². The van der Waals surface area contributed by atoms with Gasteiger partial charge in [0.2, 0.25) is 11.8 Å². The first-order valence-corrected chi connectivity index (χ1v) is 8.34. The minimum Gasteiger partial charge on any atom is -0.391 e. The second-order valence-corrected chi connectivity index (χ2v) is 6.54. The molecule has 3 atom stereocenters.